The number of likely N-dealkylation sites (tertiary alicyclic amines) is 1. The summed E-state index contributed by atoms with van der Waals surface area (Å²) in [4.78, 5) is 17.0. The van der Waals surface area contributed by atoms with Crippen molar-refractivity contribution in [3.8, 4) is 0 Å². The fourth-order valence-corrected chi connectivity index (χ4v) is 4.16. The van der Waals surface area contributed by atoms with E-state index in [9.17, 15) is 4.79 Å². The highest BCUT2D eigenvalue weighted by Gasteiger charge is 2.24. The summed E-state index contributed by atoms with van der Waals surface area (Å²) in [6, 6.07) is 8.75. The first-order valence-electron chi connectivity index (χ1n) is 9.41. The highest BCUT2D eigenvalue weighted by atomic mass is 79.9. The van der Waals surface area contributed by atoms with Crippen molar-refractivity contribution in [2.24, 2.45) is 5.92 Å². The molecule has 2 aliphatic rings. The fraction of sp³-hybridized carbons (Fsp3) is 0.632. The number of nitrogens with zero attached hydrogens (tertiary/aromatic N) is 2. The third kappa shape index (κ3) is 5.35. The number of benzene rings is 1. The Bertz CT molecular complexity index is 574. The summed E-state index contributed by atoms with van der Waals surface area (Å²) < 4.78 is 1.11. The molecule has 5 nitrogen and oxygen atoms in total. The molecular formula is C19H29BrN4O. The first-order valence-corrected chi connectivity index (χ1v) is 10.2. The molecule has 2 N–H and O–H groups in total. The molecule has 1 aromatic carbocycles. The number of nitrogens with one attached hydrogen (secondary N) is 2. The predicted octanol–water partition coefficient (Wildman–Crippen LogP) is 3.06. The van der Waals surface area contributed by atoms with Gasteiger partial charge in [0.2, 0.25) is 0 Å². The molecule has 25 heavy (non-hydrogen) atoms. The molecule has 138 valence electrons. The van der Waals surface area contributed by atoms with Gasteiger partial charge in [-0.3, -0.25) is 0 Å². The van der Waals surface area contributed by atoms with Crippen molar-refractivity contribution in [2.45, 2.75) is 32.2 Å². The third-order valence-electron chi connectivity index (χ3n) is 5.38. The number of urea groups is 1. The van der Waals surface area contributed by atoms with Gasteiger partial charge in [0.15, 0.2) is 0 Å². The van der Waals surface area contributed by atoms with E-state index >= 15 is 0 Å². The normalized spacial score (nSPS) is 22.2. The van der Waals surface area contributed by atoms with Gasteiger partial charge in [0.25, 0.3) is 0 Å². The lowest BCUT2D eigenvalue weighted by Crippen LogP contribution is -2.48. The zero-order valence-corrected chi connectivity index (χ0v) is 16.6. The van der Waals surface area contributed by atoms with Crippen LogP contribution in [0.5, 0.6) is 0 Å². The molecule has 1 aromatic rings. The second kappa shape index (κ2) is 8.90. The molecule has 2 fully saturated rings. The van der Waals surface area contributed by atoms with Crippen LogP contribution in [0.25, 0.3) is 0 Å². The number of rotatable bonds is 5. The highest BCUT2D eigenvalue weighted by molar-refractivity contribution is 9.10. The topological polar surface area (TPSA) is 47.6 Å². The molecule has 6 heteroatoms. The van der Waals surface area contributed by atoms with Gasteiger partial charge in [-0.25, -0.2) is 4.79 Å². The average molecular weight is 409 g/mol. The van der Waals surface area contributed by atoms with Gasteiger partial charge < -0.3 is 20.4 Å². The van der Waals surface area contributed by atoms with Crippen LogP contribution >= 0.6 is 15.9 Å². The zero-order valence-electron chi connectivity index (χ0n) is 15.0. The quantitative estimate of drug-likeness (QED) is 0.786. The lowest BCUT2D eigenvalue weighted by Gasteiger charge is -2.31. The van der Waals surface area contributed by atoms with Crippen LogP contribution < -0.4 is 15.5 Å². The lowest BCUT2D eigenvalue weighted by atomic mass is 10.1. The Kier molecular flexibility index (Phi) is 6.59. The van der Waals surface area contributed by atoms with Crippen molar-refractivity contribution >= 4 is 27.6 Å². The minimum Gasteiger partial charge on any atom is -0.371 e. The molecule has 0 aromatic heterocycles. The summed E-state index contributed by atoms with van der Waals surface area (Å²) in [5.41, 5.74) is 1.25. The number of anilines is 1. The maximum absolute atomic E-state index is 12.2. The van der Waals surface area contributed by atoms with Crippen molar-refractivity contribution in [3.63, 3.8) is 0 Å². The molecule has 3 rings (SSSR count). The monoisotopic (exact) mass is 408 g/mol. The molecule has 0 saturated carbocycles. The first kappa shape index (κ1) is 18.5. The Labute approximate surface area is 159 Å². The van der Waals surface area contributed by atoms with E-state index in [0.717, 1.165) is 63.0 Å². The van der Waals surface area contributed by atoms with Crippen LogP contribution in [-0.4, -0.2) is 56.2 Å². The van der Waals surface area contributed by atoms with E-state index in [1.807, 2.05) is 6.07 Å². The second-order valence-corrected chi connectivity index (χ2v) is 8.06. The Hall–Kier alpha value is -1.27. The smallest absolute Gasteiger partial charge is 0.315 e. The van der Waals surface area contributed by atoms with Crippen LogP contribution in [0.15, 0.2) is 28.7 Å². The van der Waals surface area contributed by atoms with Crippen LogP contribution in [0, 0.1) is 5.92 Å². The Morgan fingerprint density at radius 3 is 2.76 bits per heavy atom. The van der Waals surface area contributed by atoms with E-state index in [1.165, 1.54) is 5.69 Å². The van der Waals surface area contributed by atoms with Gasteiger partial charge in [-0.15, -0.1) is 0 Å². The zero-order chi connectivity index (χ0) is 17.6. The Morgan fingerprint density at radius 2 is 2.04 bits per heavy atom. The fourth-order valence-electron chi connectivity index (χ4n) is 3.77. The highest BCUT2D eigenvalue weighted by Crippen LogP contribution is 2.25. The Morgan fingerprint density at radius 1 is 1.24 bits per heavy atom. The van der Waals surface area contributed by atoms with Gasteiger partial charge in [-0.2, -0.15) is 0 Å². The second-order valence-electron chi connectivity index (χ2n) is 7.14. The van der Waals surface area contributed by atoms with Gasteiger partial charge >= 0.3 is 6.03 Å². The summed E-state index contributed by atoms with van der Waals surface area (Å²) in [5, 5.41) is 6.22. The van der Waals surface area contributed by atoms with Crippen molar-refractivity contribution in [3.05, 3.63) is 28.7 Å². The van der Waals surface area contributed by atoms with Crippen LogP contribution in [-0.2, 0) is 0 Å². The SMILES string of the molecule is CCN1CCC(NC(=O)NCC2CCN(c3cccc(Br)c3)C2)CC1. The van der Waals surface area contributed by atoms with E-state index in [0.29, 0.717) is 12.0 Å². The molecule has 1 atom stereocenters. The molecule has 2 amide bonds. The van der Waals surface area contributed by atoms with E-state index < -0.39 is 0 Å². The van der Waals surface area contributed by atoms with E-state index in [2.05, 4.69) is 61.5 Å². The Balaban J connectivity index is 1.37. The van der Waals surface area contributed by atoms with Gasteiger partial charge in [0.1, 0.15) is 0 Å². The third-order valence-corrected chi connectivity index (χ3v) is 5.87. The largest absolute Gasteiger partial charge is 0.371 e. The predicted molar refractivity (Wildman–Crippen MR) is 106 cm³/mol. The molecule has 0 bridgehead atoms. The number of hydrogen-bond acceptors (Lipinski definition) is 3. The van der Waals surface area contributed by atoms with E-state index in [4.69, 9.17) is 0 Å². The van der Waals surface area contributed by atoms with Gasteiger partial charge in [-0.1, -0.05) is 28.9 Å². The van der Waals surface area contributed by atoms with E-state index in [1.54, 1.807) is 0 Å². The molecule has 0 radical (unpaired) electrons. The molecular weight excluding hydrogens is 380 g/mol. The first-order chi connectivity index (χ1) is 12.1. The molecule has 0 aliphatic carbocycles. The minimum absolute atomic E-state index is 0.00384. The summed E-state index contributed by atoms with van der Waals surface area (Å²) >= 11 is 3.53. The maximum atomic E-state index is 12.2. The van der Waals surface area contributed by atoms with E-state index in [-0.39, 0.29) is 6.03 Å². The van der Waals surface area contributed by atoms with Crippen molar-refractivity contribution in [1.82, 2.24) is 15.5 Å². The van der Waals surface area contributed by atoms with Crippen molar-refractivity contribution in [1.29, 1.82) is 0 Å². The van der Waals surface area contributed by atoms with Crippen LogP contribution in [0.3, 0.4) is 0 Å². The molecule has 0 spiro atoms. The van der Waals surface area contributed by atoms with Gasteiger partial charge in [0, 0.05) is 48.9 Å². The average Bonchev–Trinajstić information content (AvgIpc) is 3.10. The van der Waals surface area contributed by atoms with Crippen LogP contribution in [0.1, 0.15) is 26.2 Å². The number of piperidine rings is 1. The van der Waals surface area contributed by atoms with Crippen LogP contribution in [0.2, 0.25) is 0 Å². The van der Waals surface area contributed by atoms with Crippen molar-refractivity contribution in [2.75, 3.05) is 44.2 Å². The van der Waals surface area contributed by atoms with Gasteiger partial charge in [-0.05, 0) is 49.9 Å². The summed E-state index contributed by atoms with van der Waals surface area (Å²) in [6.07, 6.45) is 3.24. The molecule has 1 unspecified atom stereocenters. The molecule has 2 aliphatic heterocycles. The number of amides is 2. The number of halogens is 1. The minimum atomic E-state index is -0.00384. The number of hydrogen-bond donors (Lipinski definition) is 2. The summed E-state index contributed by atoms with van der Waals surface area (Å²) in [6.45, 7) is 8.29. The number of carbonyl (C=O) groups is 1. The van der Waals surface area contributed by atoms with Crippen LogP contribution in [0.4, 0.5) is 10.5 Å². The van der Waals surface area contributed by atoms with Gasteiger partial charge in [0.05, 0.1) is 0 Å². The molecule has 2 heterocycles. The lowest BCUT2D eigenvalue weighted by molar-refractivity contribution is 0.198. The maximum Gasteiger partial charge on any atom is 0.315 e. The molecule has 2 saturated heterocycles. The summed E-state index contributed by atoms with van der Waals surface area (Å²) in [5.74, 6) is 0.520. The summed E-state index contributed by atoms with van der Waals surface area (Å²) in [7, 11) is 0. The standard InChI is InChI=1S/C19H29BrN4O/c1-2-23-9-7-17(8-10-23)22-19(25)21-13-15-6-11-24(14-15)18-5-3-4-16(20)12-18/h3-5,12,15,17H,2,6-11,13-14H2,1H3,(H2,21,22,25). The number of carbonyl (C=O) groups excluding carboxylic acids is 1. The van der Waals surface area contributed by atoms with Crippen molar-refractivity contribution < 1.29 is 4.79 Å².